The first kappa shape index (κ1) is 22.6. The van der Waals surface area contributed by atoms with Gasteiger partial charge in [0.25, 0.3) is 10.0 Å². The molecule has 10 heteroatoms. The molecule has 1 N–H and O–H groups in total. The first-order valence-electron chi connectivity index (χ1n) is 10.1. The van der Waals surface area contributed by atoms with Gasteiger partial charge in [-0.2, -0.15) is 0 Å². The Kier molecular flexibility index (Phi) is 6.46. The molecule has 0 radical (unpaired) electrons. The quantitative estimate of drug-likeness (QED) is 0.687. The Labute approximate surface area is 196 Å². The summed E-state index contributed by atoms with van der Waals surface area (Å²) in [5.74, 6) is -0.846. The average Bonchev–Trinajstić information content (AvgIpc) is 3.27. The second-order valence-corrected chi connectivity index (χ2v) is 10.3. The number of carbonyl (C=O) groups excluding carboxylic acids is 2. The zero-order valence-electron chi connectivity index (χ0n) is 16.9. The van der Waals surface area contributed by atoms with E-state index in [-0.39, 0.29) is 33.3 Å². The van der Waals surface area contributed by atoms with Crippen LogP contribution >= 0.6 is 23.2 Å². The van der Waals surface area contributed by atoms with Crippen molar-refractivity contribution in [1.82, 2.24) is 14.5 Å². The highest BCUT2D eigenvalue weighted by Crippen LogP contribution is 2.34. The zero-order valence-corrected chi connectivity index (χ0v) is 19.3. The van der Waals surface area contributed by atoms with Crippen LogP contribution in [-0.2, 0) is 19.6 Å². The van der Waals surface area contributed by atoms with Crippen LogP contribution in [0.4, 0.5) is 0 Å². The SMILES string of the molecule is O=C1NC=CN(S(=O)(=O)c2ccc(Cl)c(Cl)c2)[C@@H]1CC(=O)N1CCC[C@H]1c1ccccc1. The summed E-state index contributed by atoms with van der Waals surface area (Å²) in [4.78, 5) is 27.4. The van der Waals surface area contributed by atoms with E-state index in [4.69, 9.17) is 23.2 Å². The number of hydrogen-bond acceptors (Lipinski definition) is 4. The molecule has 2 aromatic carbocycles. The van der Waals surface area contributed by atoms with Crippen LogP contribution in [0.3, 0.4) is 0 Å². The lowest BCUT2D eigenvalue weighted by molar-refractivity contribution is -0.136. The van der Waals surface area contributed by atoms with Crippen molar-refractivity contribution in [3.05, 3.63) is 76.5 Å². The van der Waals surface area contributed by atoms with Gasteiger partial charge in [0.15, 0.2) is 0 Å². The van der Waals surface area contributed by atoms with E-state index in [1.54, 1.807) is 4.90 Å². The molecular formula is C22H21Cl2N3O4S. The van der Waals surface area contributed by atoms with Gasteiger partial charge in [-0.15, -0.1) is 0 Å². The molecule has 0 saturated carbocycles. The summed E-state index contributed by atoms with van der Waals surface area (Å²) < 4.78 is 27.4. The van der Waals surface area contributed by atoms with Crippen molar-refractivity contribution < 1.29 is 18.0 Å². The number of nitrogens with one attached hydrogen (secondary N) is 1. The van der Waals surface area contributed by atoms with Crippen LogP contribution in [0, 0.1) is 0 Å². The van der Waals surface area contributed by atoms with Gasteiger partial charge in [-0.3, -0.25) is 13.9 Å². The lowest BCUT2D eigenvalue weighted by atomic mass is 10.0. The van der Waals surface area contributed by atoms with E-state index in [0.717, 1.165) is 22.7 Å². The van der Waals surface area contributed by atoms with Gasteiger partial charge in [0.1, 0.15) is 6.04 Å². The van der Waals surface area contributed by atoms with Crippen molar-refractivity contribution in [3.63, 3.8) is 0 Å². The van der Waals surface area contributed by atoms with Crippen molar-refractivity contribution >= 4 is 45.0 Å². The molecular weight excluding hydrogens is 473 g/mol. The predicted molar refractivity (Wildman–Crippen MR) is 121 cm³/mol. The van der Waals surface area contributed by atoms with Crippen molar-refractivity contribution in [2.45, 2.75) is 36.2 Å². The van der Waals surface area contributed by atoms with Gasteiger partial charge in [0.05, 0.1) is 27.4 Å². The Hall–Kier alpha value is -2.55. The fraction of sp³-hybridized carbons (Fsp3) is 0.273. The standard InChI is InChI=1S/C22H21Cl2N3O4S/c23-17-9-8-16(13-18(17)24)32(30,31)27-12-10-25-22(29)20(27)14-21(28)26-11-4-7-19(26)15-5-2-1-3-6-15/h1-3,5-6,8-10,12-13,19-20H,4,7,11,14H2,(H,25,29)/t19-,20+/m0/s1. The summed E-state index contributed by atoms with van der Waals surface area (Å²) in [6, 6.07) is 12.3. The molecule has 2 aromatic rings. The van der Waals surface area contributed by atoms with Crippen LogP contribution in [0.1, 0.15) is 30.9 Å². The number of rotatable bonds is 5. The normalized spacial score (nSPS) is 21.0. The molecule has 2 amide bonds. The van der Waals surface area contributed by atoms with E-state index in [0.29, 0.717) is 6.54 Å². The number of hydrogen-bond donors (Lipinski definition) is 1. The van der Waals surface area contributed by atoms with Crippen molar-refractivity contribution in [1.29, 1.82) is 0 Å². The molecule has 4 rings (SSSR count). The third-order valence-corrected chi connectivity index (χ3v) is 8.17. The van der Waals surface area contributed by atoms with E-state index in [1.807, 2.05) is 30.3 Å². The van der Waals surface area contributed by atoms with Crippen LogP contribution in [0.2, 0.25) is 10.0 Å². The first-order chi connectivity index (χ1) is 15.3. The van der Waals surface area contributed by atoms with E-state index in [2.05, 4.69) is 5.32 Å². The Morgan fingerprint density at radius 1 is 1.09 bits per heavy atom. The minimum Gasteiger partial charge on any atom is -0.336 e. The molecule has 2 aliphatic heterocycles. The largest absolute Gasteiger partial charge is 0.336 e. The summed E-state index contributed by atoms with van der Waals surface area (Å²) in [5.41, 5.74) is 1.02. The van der Waals surface area contributed by atoms with E-state index < -0.39 is 22.0 Å². The predicted octanol–water partition coefficient (Wildman–Crippen LogP) is 3.71. The summed E-state index contributed by atoms with van der Waals surface area (Å²) >= 11 is 11.9. The summed E-state index contributed by atoms with van der Waals surface area (Å²) in [7, 11) is -4.15. The number of carbonyl (C=O) groups is 2. The fourth-order valence-corrected chi connectivity index (χ4v) is 5.91. The highest BCUT2D eigenvalue weighted by atomic mass is 35.5. The van der Waals surface area contributed by atoms with E-state index >= 15 is 0 Å². The molecule has 168 valence electrons. The molecule has 2 aliphatic rings. The third kappa shape index (κ3) is 4.35. The van der Waals surface area contributed by atoms with Crippen LogP contribution < -0.4 is 5.32 Å². The molecule has 1 saturated heterocycles. The third-order valence-electron chi connectivity index (χ3n) is 5.65. The van der Waals surface area contributed by atoms with Gasteiger partial charge in [0, 0.05) is 18.9 Å². The topological polar surface area (TPSA) is 86.8 Å². The second-order valence-electron chi connectivity index (χ2n) is 7.61. The van der Waals surface area contributed by atoms with E-state index in [1.165, 1.54) is 30.6 Å². The molecule has 2 atom stereocenters. The van der Waals surface area contributed by atoms with Gasteiger partial charge in [0.2, 0.25) is 11.8 Å². The second kappa shape index (κ2) is 9.13. The summed E-state index contributed by atoms with van der Waals surface area (Å²) in [6.07, 6.45) is 3.86. The van der Waals surface area contributed by atoms with Gasteiger partial charge in [-0.1, -0.05) is 53.5 Å². The number of amides is 2. The minimum atomic E-state index is -4.15. The monoisotopic (exact) mass is 493 g/mol. The molecule has 1 fully saturated rings. The maximum Gasteiger partial charge on any atom is 0.264 e. The molecule has 0 bridgehead atoms. The van der Waals surface area contributed by atoms with Gasteiger partial charge >= 0.3 is 0 Å². The van der Waals surface area contributed by atoms with Gasteiger partial charge in [-0.25, -0.2) is 8.42 Å². The lowest BCUT2D eigenvalue weighted by Gasteiger charge is -2.33. The maximum absolute atomic E-state index is 13.3. The minimum absolute atomic E-state index is 0.0774. The number of likely N-dealkylation sites (tertiary alicyclic amines) is 1. The molecule has 0 spiro atoms. The molecule has 32 heavy (non-hydrogen) atoms. The van der Waals surface area contributed by atoms with Crippen LogP contribution in [0.25, 0.3) is 0 Å². The first-order valence-corrected chi connectivity index (χ1v) is 12.3. The summed E-state index contributed by atoms with van der Waals surface area (Å²) in [6.45, 7) is 0.558. The smallest absolute Gasteiger partial charge is 0.264 e. The van der Waals surface area contributed by atoms with Gasteiger partial charge < -0.3 is 10.2 Å². The average molecular weight is 494 g/mol. The Morgan fingerprint density at radius 2 is 1.84 bits per heavy atom. The number of benzene rings is 2. The van der Waals surface area contributed by atoms with E-state index in [9.17, 15) is 18.0 Å². The lowest BCUT2D eigenvalue weighted by Crippen LogP contribution is -2.51. The highest BCUT2D eigenvalue weighted by molar-refractivity contribution is 7.89. The van der Waals surface area contributed by atoms with Crippen molar-refractivity contribution in [2.24, 2.45) is 0 Å². The Bertz CT molecular complexity index is 1170. The number of sulfonamides is 1. The summed E-state index contributed by atoms with van der Waals surface area (Å²) in [5, 5.41) is 2.79. The molecule has 0 unspecified atom stereocenters. The number of halogens is 2. The Balaban J connectivity index is 1.60. The molecule has 7 nitrogen and oxygen atoms in total. The van der Waals surface area contributed by atoms with Crippen LogP contribution in [-0.4, -0.2) is 42.0 Å². The zero-order chi connectivity index (χ0) is 22.9. The molecule has 0 aliphatic carbocycles. The van der Waals surface area contributed by atoms with Crippen molar-refractivity contribution in [2.75, 3.05) is 6.54 Å². The highest BCUT2D eigenvalue weighted by Gasteiger charge is 2.39. The fourth-order valence-electron chi connectivity index (χ4n) is 4.07. The molecule has 0 aromatic heterocycles. The van der Waals surface area contributed by atoms with Crippen LogP contribution in [0.15, 0.2) is 65.8 Å². The van der Waals surface area contributed by atoms with Crippen LogP contribution in [0.5, 0.6) is 0 Å². The van der Waals surface area contributed by atoms with Crippen molar-refractivity contribution in [3.8, 4) is 0 Å². The Morgan fingerprint density at radius 3 is 2.56 bits per heavy atom. The maximum atomic E-state index is 13.3. The molecule has 2 heterocycles. The number of nitrogens with zero attached hydrogens (tertiary/aromatic N) is 2. The van der Waals surface area contributed by atoms with Gasteiger partial charge in [-0.05, 0) is 36.6 Å².